The van der Waals surface area contributed by atoms with Gasteiger partial charge < -0.3 is 24.3 Å². The molecular formula is C20H21NO6. The monoisotopic (exact) mass is 371 g/mol. The van der Waals surface area contributed by atoms with E-state index in [4.69, 9.17) is 18.9 Å². The molecule has 1 aliphatic rings. The Morgan fingerprint density at radius 3 is 2.59 bits per heavy atom. The number of benzene rings is 2. The summed E-state index contributed by atoms with van der Waals surface area (Å²) in [5.41, 5.74) is 0.922. The van der Waals surface area contributed by atoms with Crippen LogP contribution in [0.2, 0.25) is 0 Å². The first-order valence-electron chi connectivity index (χ1n) is 8.59. The van der Waals surface area contributed by atoms with Crippen molar-refractivity contribution in [2.24, 2.45) is 0 Å². The molecule has 0 fully saturated rings. The average molecular weight is 371 g/mol. The van der Waals surface area contributed by atoms with E-state index in [2.05, 4.69) is 5.32 Å². The quantitative estimate of drug-likeness (QED) is 0.752. The number of carbonyl (C=O) groups is 2. The van der Waals surface area contributed by atoms with Crippen LogP contribution in [-0.4, -0.2) is 38.8 Å². The van der Waals surface area contributed by atoms with Crippen molar-refractivity contribution >= 4 is 11.9 Å². The minimum atomic E-state index is -0.617. The molecule has 3 rings (SSSR count). The molecule has 1 aliphatic heterocycles. The lowest BCUT2D eigenvalue weighted by Crippen LogP contribution is -2.35. The average Bonchev–Trinajstić information content (AvgIpc) is 2.71. The topological polar surface area (TPSA) is 83.1 Å². The molecule has 0 saturated carbocycles. The number of hydrogen-bond donors (Lipinski definition) is 1. The van der Waals surface area contributed by atoms with Crippen LogP contribution in [-0.2, 0) is 14.3 Å². The number of carbonyl (C=O) groups excluding carboxylic acids is 2. The van der Waals surface area contributed by atoms with E-state index < -0.39 is 5.97 Å². The largest absolute Gasteiger partial charge is 0.497 e. The third kappa shape index (κ3) is 5.13. The number of nitrogens with one attached hydrogen (secondary N) is 1. The molecule has 0 saturated heterocycles. The molecule has 0 aliphatic carbocycles. The van der Waals surface area contributed by atoms with E-state index in [-0.39, 0.29) is 25.2 Å². The first-order valence-corrected chi connectivity index (χ1v) is 8.59. The molecule has 0 aromatic heterocycles. The summed E-state index contributed by atoms with van der Waals surface area (Å²) in [6.07, 6.45) is 0.664. The lowest BCUT2D eigenvalue weighted by atomic mass is 10.0. The summed E-state index contributed by atoms with van der Waals surface area (Å²) in [5.74, 6) is 0.981. The first-order chi connectivity index (χ1) is 13.2. The van der Waals surface area contributed by atoms with E-state index in [9.17, 15) is 9.59 Å². The maximum absolute atomic E-state index is 12.1. The van der Waals surface area contributed by atoms with Crippen molar-refractivity contribution in [3.05, 3.63) is 54.1 Å². The Kier molecular flexibility index (Phi) is 6.14. The molecule has 7 heteroatoms. The highest BCUT2D eigenvalue weighted by atomic mass is 16.6. The Labute approximate surface area is 157 Å². The maximum Gasteiger partial charge on any atom is 0.344 e. The summed E-state index contributed by atoms with van der Waals surface area (Å²) in [4.78, 5) is 23.8. The van der Waals surface area contributed by atoms with Crippen LogP contribution in [0.4, 0.5) is 0 Å². The van der Waals surface area contributed by atoms with Crippen LogP contribution < -0.4 is 19.5 Å². The van der Waals surface area contributed by atoms with E-state index in [1.165, 1.54) is 0 Å². The fourth-order valence-electron chi connectivity index (χ4n) is 2.73. The molecule has 0 spiro atoms. The van der Waals surface area contributed by atoms with Gasteiger partial charge in [-0.2, -0.15) is 0 Å². The van der Waals surface area contributed by atoms with Crippen molar-refractivity contribution in [2.45, 2.75) is 12.5 Å². The normalized spacial score (nSPS) is 15.1. The van der Waals surface area contributed by atoms with Gasteiger partial charge in [0.25, 0.3) is 5.91 Å². The van der Waals surface area contributed by atoms with Gasteiger partial charge in [-0.15, -0.1) is 0 Å². The third-order valence-corrected chi connectivity index (χ3v) is 4.07. The van der Waals surface area contributed by atoms with Gasteiger partial charge in [-0.25, -0.2) is 4.79 Å². The number of hydrogen-bond acceptors (Lipinski definition) is 6. The smallest absolute Gasteiger partial charge is 0.344 e. The summed E-state index contributed by atoms with van der Waals surface area (Å²) in [5, 5.41) is 2.87. The van der Waals surface area contributed by atoms with Gasteiger partial charge in [-0.1, -0.05) is 18.2 Å². The highest BCUT2D eigenvalue weighted by Crippen LogP contribution is 2.31. The van der Waals surface area contributed by atoms with E-state index in [1.807, 2.05) is 24.3 Å². The second kappa shape index (κ2) is 8.93. The molecule has 142 valence electrons. The van der Waals surface area contributed by atoms with Crippen molar-refractivity contribution < 1.29 is 28.5 Å². The minimum absolute atomic E-state index is 0.156. The summed E-state index contributed by atoms with van der Waals surface area (Å²) < 4.78 is 20.9. The summed E-state index contributed by atoms with van der Waals surface area (Å²) in [6.45, 7) is -0.110. The predicted octanol–water partition coefficient (Wildman–Crippen LogP) is 2.26. The Morgan fingerprint density at radius 2 is 1.81 bits per heavy atom. The molecule has 1 heterocycles. The molecule has 1 atom stereocenters. The van der Waals surface area contributed by atoms with Gasteiger partial charge in [0, 0.05) is 12.0 Å². The molecule has 2 aromatic rings. The number of fused-ring (bicyclic) bond motifs is 1. The van der Waals surface area contributed by atoms with Gasteiger partial charge in [0.15, 0.2) is 13.2 Å². The Hall–Kier alpha value is -3.22. The fourth-order valence-corrected chi connectivity index (χ4v) is 2.73. The Bertz CT molecular complexity index is 789. The number of ether oxygens (including phenoxy) is 4. The number of rotatable bonds is 7. The lowest BCUT2D eigenvalue weighted by Gasteiger charge is -2.26. The minimum Gasteiger partial charge on any atom is -0.497 e. The van der Waals surface area contributed by atoms with Crippen molar-refractivity contribution in [2.75, 3.05) is 26.9 Å². The van der Waals surface area contributed by atoms with Crippen LogP contribution in [0, 0.1) is 0 Å². The fraction of sp³-hybridized carbons (Fsp3) is 0.300. The Balaban J connectivity index is 1.42. The molecule has 27 heavy (non-hydrogen) atoms. The van der Waals surface area contributed by atoms with Crippen molar-refractivity contribution in [3.63, 3.8) is 0 Å². The van der Waals surface area contributed by atoms with Crippen LogP contribution in [0.3, 0.4) is 0 Å². The standard InChI is InChI=1S/C20H21NO6/c1-24-14-6-8-15(9-7-14)26-13-20(23)27-12-19(22)21-17-10-11-25-18-5-3-2-4-16(17)18/h2-9,17H,10-13H2,1H3,(H,21,22). The van der Waals surface area contributed by atoms with Gasteiger partial charge >= 0.3 is 5.97 Å². The van der Waals surface area contributed by atoms with Crippen molar-refractivity contribution in [1.29, 1.82) is 0 Å². The van der Waals surface area contributed by atoms with Gasteiger partial charge in [-0.3, -0.25) is 4.79 Å². The van der Waals surface area contributed by atoms with Crippen molar-refractivity contribution in [3.8, 4) is 17.2 Å². The molecule has 1 N–H and O–H groups in total. The summed E-state index contributed by atoms with van der Waals surface area (Å²) in [7, 11) is 1.57. The SMILES string of the molecule is COc1ccc(OCC(=O)OCC(=O)NC2CCOc3ccccc32)cc1. The highest BCUT2D eigenvalue weighted by Gasteiger charge is 2.23. The molecule has 7 nitrogen and oxygen atoms in total. The zero-order chi connectivity index (χ0) is 19.1. The van der Waals surface area contributed by atoms with Crippen molar-refractivity contribution in [1.82, 2.24) is 5.32 Å². The summed E-state index contributed by atoms with van der Waals surface area (Å²) in [6, 6.07) is 14.2. The predicted molar refractivity (Wildman–Crippen MR) is 96.9 cm³/mol. The van der Waals surface area contributed by atoms with E-state index in [0.29, 0.717) is 24.5 Å². The number of methoxy groups -OCH3 is 1. The highest BCUT2D eigenvalue weighted by molar-refractivity contribution is 5.81. The number of amides is 1. The number of esters is 1. The molecule has 2 aromatic carbocycles. The van der Waals surface area contributed by atoms with Crippen LogP contribution in [0.5, 0.6) is 17.2 Å². The van der Waals surface area contributed by atoms with Crippen LogP contribution in [0.15, 0.2) is 48.5 Å². The van der Waals surface area contributed by atoms with Crippen LogP contribution in [0.25, 0.3) is 0 Å². The molecule has 1 amide bonds. The molecule has 0 radical (unpaired) electrons. The maximum atomic E-state index is 12.1. The second-order valence-corrected chi connectivity index (χ2v) is 5.92. The summed E-state index contributed by atoms with van der Waals surface area (Å²) >= 11 is 0. The van der Waals surface area contributed by atoms with Gasteiger partial charge in [0.05, 0.1) is 19.8 Å². The third-order valence-electron chi connectivity index (χ3n) is 4.07. The molecular weight excluding hydrogens is 350 g/mol. The molecule has 0 bridgehead atoms. The van der Waals surface area contributed by atoms with Gasteiger partial charge in [-0.05, 0) is 30.3 Å². The second-order valence-electron chi connectivity index (χ2n) is 5.92. The van der Waals surface area contributed by atoms with E-state index >= 15 is 0 Å². The lowest BCUT2D eigenvalue weighted by molar-refractivity contribution is -0.150. The first kappa shape index (κ1) is 18.6. The van der Waals surface area contributed by atoms with Gasteiger partial charge in [0.1, 0.15) is 17.2 Å². The zero-order valence-electron chi connectivity index (χ0n) is 15.0. The van der Waals surface area contributed by atoms with E-state index in [0.717, 1.165) is 11.3 Å². The van der Waals surface area contributed by atoms with Crippen LogP contribution >= 0.6 is 0 Å². The van der Waals surface area contributed by atoms with E-state index in [1.54, 1.807) is 31.4 Å². The Morgan fingerprint density at radius 1 is 1.07 bits per heavy atom. The van der Waals surface area contributed by atoms with Crippen LogP contribution in [0.1, 0.15) is 18.0 Å². The molecule has 1 unspecified atom stereocenters. The zero-order valence-corrected chi connectivity index (χ0v) is 15.0. The number of para-hydroxylation sites is 1. The van der Waals surface area contributed by atoms with Gasteiger partial charge in [0.2, 0.25) is 0 Å².